The number of imide groups is 1. The number of carboxylic acid groups (broad SMARTS) is 1. The Morgan fingerprint density at radius 3 is 1.93 bits per heavy atom. The molecule has 0 aliphatic rings. The predicted molar refractivity (Wildman–Crippen MR) is 48.3 cm³/mol. The zero-order valence-electron chi connectivity index (χ0n) is 8.33. The van der Waals surface area contributed by atoms with Gasteiger partial charge in [-0.1, -0.05) is 20.8 Å². The van der Waals surface area contributed by atoms with E-state index in [4.69, 9.17) is 10.8 Å². The Morgan fingerprint density at radius 1 is 1.29 bits per heavy atom. The summed E-state index contributed by atoms with van der Waals surface area (Å²) in [5.41, 5.74) is 3.94. The Kier molecular flexibility index (Phi) is 3.62. The molecule has 1 atom stereocenters. The number of hydrogen-bond acceptors (Lipinski definition) is 3. The summed E-state index contributed by atoms with van der Waals surface area (Å²) in [6.07, 6.45) is 0. The topological polar surface area (TPSA) is 109 Å². The van der Waals surface area contributed by atoms with Gasteiger partial charge < -0.3 is 10.8 Å². The fraction of sp³-hybridized carbons (Fsp3) is 0.625. The molecule has 0 rings (SSSR count). The molecule has 0 spiro atoms. The molecule has 14 heavy (non-hydrogen) atoms. The number of hydrogen-bond donors (Lipinski definition) is 3. The number of amides is 3. The van der Waals surface area contributed by atoms with E-state index in [-0.39, 0.29) is 0 Å². The van der Waals surface area contributed by atoms with Gasteiger partial charge in [-0.15, -0.1) is 0 Å². The molecule has 0 aromatic carbocycles. The Hall–Kier alpha value is -1.59. The van der Waals surface area contributed by atoms with Crippen LogP contribution in [0.5, 0.6) is 0 Å². The molecule has 0 saturated heterocycles. The summed E-state index contributed by atoms with van der Waals surface area (Å²) >= 11 is 0. The van der Waals surface area contributed by atoms with E-state index in [1.807, 2.05) is 0 Å². The van der Waals surface area contributed by atoms with E-state index < -0.39 is 29.2 Å². The third kappa shape index (κ3) is 3.42. The number of aliphatic carboxylic acids is 1. The number of nitrogens with two attached hydrogens (primary N) is 1. The summed E-state index contributed by atoms with van der Waals surface area (Å²) in [6, 6.07) is -1.05. The number of nitrogens with one attached hydrogen (secondary N) is 1. The molecule has 0 aliphatic heterocycles. The van der Waals surface area contributed by atoms with Gasteiger partial charge in [0.1, 0.15) is 5.92 Å². The van der Waals surface area contributed by atoms with Crippen LogP contribution in [0.4, 0.5) is 4.79 Å². The molecule has 0 aromatic rings. The molecule has 0 aliphatic carbocycles. The van der Waals surface area contributed by atoms with Crippen LogP contribution in [0, 0.1) is 11.3 Å². The molecule has 3 amide bonds. The Labute approximate surface area is 81.5 Å². The zero-order valence-corrected chi connectivity index (χ0v) is 8.33. The van der Waals surface area contributed by atoms with Gasteiger partial charge in [0.2, 0.25) is 5.91 Å². The Bertz CT molecular complexity index is 267. The van der Waals surface area contributed by atoms with Crippen molar-refractivity contribution in [3.63, 3.8) is 0 Å². The van der Waals surface area contributed by atoms with Crippen LogP contribution < -0.4 is 11.1 Å². The molecular formula is C8H14N2O4. The summed E-state index contributed by atoms with van der Waals surface area (Å²) in [7, 11) is 0. The minimum Gasteiger partial charge on any atom is -0.481 e. The predicted octanol–water partition coefficient (Wildman–Crippen LogP) is -0.0718. The van der Waals surface area contributed by atoms with E-state index in [1.165, 1.54) is 0 Å². The number of carbonyl (C=O) groups excluding carboxylic acids is 2. The van der Waals surface area contributed by atoms with E-state index >= 15 is 0 Å². The van der Waals surface area contributed by atoms with Gasteiger partial charge in [-0.05, 0) is 5.41 Å². The molecule has 0 bridgehead atoms. The van der Waals surface area contributed by atoms with Crippen LogP contribution in [0.15, 0.2) is 0 Å². The second-order valence-electron chi connectivity index (χ2n) is 3.99. The van der Waals surface area contributed by atoms with Crippen LogP contribution in [0.3, 0.4) is 0 Å². The first kappa shape index (κ1) is 12.4. The highest BCUT2D eigenvalue weighted by atomic mass is 16.4. The van der Waals surface area contributed by atoms with Gasteiger partial charge in [0.15, 0.2) is 0 Å². The fourth-order valence-electron chi connectivity index (χ4n) is 1.07. The molecular weight excluding hydrogens is 188 g/mol. The van der Waals surface area contributed by atoms with E-state index in [0.29, 0.717) is 0 Å². The summed E-state index contributed by atoms with van der Waals surface area (Å²) in [5, 5.41) is 10.5. The summed E-state index contributed by atoms with van der Waals surface area (Å²) in [6.45, 7) is 4.77. The molecule has 6 heteroatoms. The van der Waals surface area contributed by atoms with Crippen LogP contribution in [0.2, 0.25) is 0 Å². The number of carbonyl (C=O) groups is 3. The van der Waals surface area contributed by atoms with E-state index in [0.717, 1.165) is 0 Å². The maximum absolute atomic E-state index is 11.2. The summed E-state index contributed by atoms with van der Waals surface area (Å²) in [4.78, 5) is 32.4. The third-order valence-corrected chi connectivity index (χ3v) is 1.62. The Balaban J connectivity index is 4.77. The lowest BCUT2D eigenvalue weighted by molar-refractivity contribution is -0.151. The standard InChI is InChI=1S/C8H14N2O4/c1-8(2,3)4(6(12)13)5(11)10-7(9)14/h4H,1-3H3,(H,12,13)(H3,9,10,11,14). The van der Waals surface area contributed by atoms with Crippen LogP contribution >= 0.6 is 0 Å². The first-order valence-electron chi connectivity index (χ1n) is 3.99. The highest BCUT2D eigenvalue weighted by Crippen LogP contribution is 2.26. The molecule has 0 radical (unpaired) electrons. The quantitative estimate of drug-likeness (QED) is 0.544. The number of primary amides is 1. The van der Waals surface area contributed by atoms with Gasteiger partial charge in [-0.2, -0.15) is 0 Å². The molecule has 80 valence electrons. The van der Waals surface area contributed by atoms with Gasteiger partial charge >= 0.3 is 12.0 Å². The highest BCUT2D eigenvalue weighted by Gasteiger charge is 2.38. The van der Waals surface area contributed by atoms with Crippen LogP contribution in [0.1, 0.15) is 20.8 Å². The average Bonchev–Trinajstić information content (AvgIpc) is 1.78. The lowest BCUT2D eigenvalue weighted by Crippen LogP contribution is -2.46. The average molecular weight is 202 g/mol. The normalized spacial score (nSPS) is 13.1. The lowest BCUT2D eigenvalue weighted by atomic mass is 9.80. The van der Waals surface area contributed by atoms with Crippen molar-refractivity contribution in [2.75, 3.05) is 0 Å². The van der Waals surface area contributed by atoms with Gasteiger partial charge in [0.25, 0.3) is 0 Å². The van der Waals surface area contributed by atoms with Crippen LogP contribution in [0.25, 0.3) is 0 Å². The fourth-order valence-corrected chi connectivity index (χ4v) is 1.07. The number of rotatable bonds is 2. The van der Waals surface area contributed by atoms with Crippen LogP contribution in [-0.2, 0) is 9.59 Å². The molecule has 1 unspecified atom stereocenters. The van der Waals surface area contributed by atoms with Crippen molar-refractivity contribution < 1.29 is 19.5 Å². The van der Waals surface area contributed by atoms with Crippen molar-refractivity contribution in [1.29, 1.82) is 0 Å². The van der Waals surface area contributed by atoms with Gasteiger partial charge in [-0.25, -0.2) is 4.79 Å². The highest BCUT2D eigenvalue weighted by molar-refractivity contribution is 6.04. The van der Waals surface area contributed by atoms with Crippen molar-refractivity contribution in [2.45, 2.75) is 20.8 Å². The minimum atomic E-state index is -1.30. The number of carboxylic acids is 1. The smallest absolute Gasteiger partial charge is 0.318 e. The van der Waals surface area contributed by atoms with Crippen molar-refractivity contribution >= 4 is 17.9 Å². The van der Waals surface area contributed by atoms with E-state index in [1.54, 1.807) is 26.1 Å². The lowest BCUT2D eigenvalue weighted by Gasteiger charge is -2.25. The van der Waals surface area contributed by atoms with Gasteiger partial charge in [0, 0.05) is 0 Å². The second-order valence-corrected chi connectivity index (χ2v) is 3.99. The maximum atomic E-state index is 11.2. The largest absolute Gasteiger partial charge is 0.481 e. The molecule has 6 nitrogen and oxygen atoms in total. The van der Waals surface area contributed by atoms with Crippen molar-refractivity contribution in [2.24, 2.45) is 17.1 Å². The zero-order chi connectivity index (χ0) is 11.5. The van der Waals surface area contributed by atoms with Gasteiger partial charge in [0.05, 0.1) is 0 Å². The molecule has 0 aromatic heterocycles. The molecule has 0 fully saturated rings. The van der Waals surface area contributed by atoms with Crippen molar-refractivity contribution in [1.82, 2.24) is 5.32 Å². The summed E-state index contributed by atoms with van der Waals surface area (Å²) in [5.74, 6) is -3.47. The summed E-state index contributed by atoms with van der Waals surface area (Å²) < 4.78 is 0. The molecule has 0 heterocycles. The van der Waals surface area contributed by atoms with Gasteiger partial charge in [-0.3, -0.25) is 14.9 Å². The molecule has 0 saturated carbocycles. The monoisotopic (exact) mass is 202 g/mol. The van der Waals surface area contributed by atoms with E-state index in [2.05, 4.69) is 0 Å². The minimum absolute atomic E-state index is 0.772. The van der Waals surface area contributed by atoms with Crippen molar-refractivity contribution in [3.05, 3.63) is 0 Å². The third-order valence-electron chi connectivity index (χ3n) is 1.62. The first-order chi connectivity index (χ1) is 6.16. The number of urea groups is 1. The Morgan fingerprint density at radius 2 is 1.71 bits per heavy atom. The van der Waals surface area contributed by atoms with Crippen LogP contribution in [-0.4, -0.2) is 23.0 Å². The SMILES string of the molecule is CC(C)(C)C(C(=O)O)C(=O)NC(N)=O. The second kappa shape index (κ2) is 4.08. The van der Waals surface area contributed by atoms with Crippen molar-refractivity contribution in [3.8, 4) is 0 Å². The molecule has 4 N–H and O–H groups in total. The van der Waals surface area contributed by atoms with E-state index in [9.17, 15) is 14.4 Å². The maximum Gasteiger partial charge on any atom is 0.318 e. The first-order valence-corrected chi connectivity index (χ1v) is 3.99.